The number of anilines is 2. The summed E-state index contributed by atoms with van der Waals surface area (Å²) in [6.07, 6.45) is 0. The summed E-state index contributed by atoms with van der Waals surface area (Å²) in [5.41, 5.74) is 9.49. The fourth-order valence-electron chi connectivity index (χ4n) is 1.72. The monoisotopic (exact) mass is 276 g/mol. The number of benzene rings is 2. The third-order valence-corrected chi connectivity index (χ3v) is 3.11. The normalized spacial score (nSPS) is 10.1. The average Bonchev–Trinajstić information content (AvgIpc) is 2.33. The van der Waals surface area contributed by atoms with E-state index in [0.717, 1.165) is 27.5 Å². The maximum Gasteiger partial charge on any atom is 0.106 e. The Morgan fingerprint density at radius 2 is 1.89 bits per heavy atom. The summed E-state index contributed by atoms with van der Waals surface area (Å²) in [6.45, 7) is 2.00. The van der Waals surface area contributed by atoms with Crippen molar-refractivity contribution in [1.82, 2.24) is 0 Å². The van der Waals surface area contributed by atoms with Crippen LogP contribution in [0, 0.1) is 6.92 Å². The fourth-order valence-corrected chi connectivity index (χ4v) is 2.12. The second-order valence-electron chi connectivity index (χ2n) is 3.99. The Labute approximate surface area is 117 Å². The quantitative estimate of drug-likeness (QED) is 0.832. The molecule has 0 heterocycles. The van der Waals surface area contributed by atoms with Crippen LogP contribution in [0.25, 0.3) is 0 Å². The van der Waals surface area contributed by atoms with Gasteiger partial charge in [-0.3, -0.25) is 0 Å². The average molecular weight is 277 g/mol. The number of rotatable bonds is 3. The number of nitrogens with two attached hydrogens (primary N) is 1. The van der Waals surface area contributed by atoms with Gasteiger partial charge in [0.15, 0.2) is 0 Å². The highest BCUT2D eigenvalue weighted by Crippen LogP contribution is 2.25. The van der Waals surface area contributed by atoms with Crippen LogP contribution in [0.15, 0.2) is 42.5 Å². The Balaban J connectivity index is 2.37. The zero-order chi connectivity index (χ0) is 13.1. The Kier molecular flexibility index (Phi) is 3.84. The first-order valence-electron chi connectivity index (χ1n) is 5.50. The number of aryl methyl sites for hydroxylation is 1. The van der Waals surface area contributed by atoms with Crippen molar-refractivity contribution in [2.75, 3.05) is 5.32 Å². The minimum atomic E-state index is 0.379. The van der Waals surface area contributed by atoms with Gasteiger partial charge in [0.2, 0.25) is 0 Å². The van der Waals surface area contributed by atoms with Crippen molar-refractivity contribution >= 4 is 40.2 Å². The molecule has 18 heavy (non-hydrogen) atoms. The number of nitrogens with one attached hydrogen (secondary N) is 1. The van der Waals surface area contributed by atoms with Crippen LogP contribution in [-0.2, 0) is 0 Å². The minimum Gasteiger partial charge on any atom is -0.389 e. The first kappa shape index (κ1) is 12.9. The summed E-state index contributed by atoms with van der Waals surface area (Å²) in [5.74, 6) is 0. The van der Waals surface area contributed by atoms with E-state index >= 15 is 0 Å². The highest BCUT2D eigenvalue weighted by atomic mass is 35.5. The van der Waals surface area contributed by atoms with Gasteiger partial charge in [-0.2, -0.15) is 0 Å². The number of thiocarbonyl (C=S) groups is 1. The number of halogens is 1. The molecule has 0 bridgehead atoms. The van der Waals surface area contributed by atoms with Crippen molar-refractivity contribution in [3.05, 3.63) is 58.6 Å². The van der Waals surface area contributed by atoms with Gasteiger partial charge in [-0.05, 0) is 42.8 Å². The Morgan fingerprint density at radius 3 is 2.56 bits per heavy atom. The van der Waals surface area contributed by atoms with Crippen LogP contribution in [0.4, 0.5) is 11.4 Å². The molecule has 2 aromatic carbocycles. The van der Waals surface area contributed by atoms with Gasteiger partial charge < -0.3 is 11.1 Å². The van der Waals surface area contributed by atoms with Crippen LogP contribution in [0.3, 0.4) is 0 Å². The Hall–Kier alpha value is -1.58. The standard InChI is InChI=1S/C14H13ClN2S/c1-9-8-10(15)6-7-12(9)17-13-5-3-2-4-11(13)14(16)18/h2-8,17H,1H3,(H2,16,18). The van der Waals surface area contributed by atoms with E-state index < -0.39 is 0 Å². The molecule has 0 radical (unpaired) electrons. The highest BCUT2D eigenvalue weighted by Gasteiger charge is 2.06. The van der Waals surface area contributed by atoms with Gasteiger partial charge in [0.25, 0.3) is 0 Å². The number of hydrogen-bond donors (Lipinski definition) is 2. The topological polar surface area (TPSA) is 38.0 Å². The molecule has 0 unspecified atom stereocenters. The lowest BCUT2D eigenvalue weighted by Gasteiger charge is -2.13. The molecule has 0 aliphatic carbocycles. The van der Waals surface area contributed by atoms with Crippen molar-refractivity contribution in [3.8, 4) is 0 Å². The van der Waals surface area contributed by atoms with Crippen molar-refractivity contribution in [2.24, 2.45) is 5.73 Å². The van der Waals surface area contributed by atoms with Crippen LogP contribution in [0.5, 0.6) is 0 Å². The van der Waals surface area contributed by atoms with Crippen molar-refractivity contribution in [2.45, 2.75) is 6.92 Å². The van der Waals surface area contributed by atoms with E-state index in [9.17, 15) is 0 Å². The van der Waals surface area contributed by atoms with Gasteiger partial charge in [0, 0.05) is 22.0 Å². The lowest BCUT2D eigenvalue weighted by atomic mass is 10.1. The van der Waals surface area contributed by atoms with Crippen molar-refractivity contribution in [3.63, 3.8) is 0 Å². The molecule has 0 saturated heterocycles. The molecule has 2 nitrogen and oxygen atoms in total. The molecule has 3 N–H and O–H groups in total. The number of para-hydroxylation sites is 1. The molecule has 2 aromatic rings. The molecule has 0 fully saturated rings. The van der Waals surface area contributed by atoms with Crippen LogP contribution in [-0.4, -0.2) is 4.99 Å². The lowest BCUT2D eigenvalue weighted by molar-refractivity contribution is 1.42. The van der Waals surface area contributed by atoms with Gasteiger partial charge >= 0.3 is 0 Å². The summed E-state index contributed by atoms with van der Waals surface area (Å²) in [4.78, 5) is 0.379. The SMILES string of the molecule is Cc1cc(Cl)ccc1Nc1ccccc1C(N)=S. The van der Waals surface area contributed by atoms with E-state index in [1.165, 1.54) is 0 Å². The molecular weight excluding hydrogens is 264 g/mol. The van der Waals surface area contributed by atoms with Gasteiger partial charge in [0.1, 0.15) is 4.99 Å². The van der Waals surface area contributed by atoms with E-state index in [-0.39, 0.29) is 0 Å². The summed E-state index contributed by atoms with van der Waals surface area (Å²) in [7, 11) is 0. The predicted molar refractivity (Wildman–Crippen MR) is 81.8 cm³/mol. The molecule has 0 aliphatic heterocycles. The number of hydrogen-bond acceptors (Lipinski definition) is 2. The van der Waals surface area contributed by atoms with Crippen LogP contribution < -0.4 is 11.1 Å². The highest BCUT2D eigenvalue weighted by molar-refractivity contribution is 7.80. The summed E-state index contributed by atoms with van der Waals surface area (Å²) >= 11 is 11.0. The van der Waals surface area contributed by atoms with Crippen molar-refractivity contribution in [1.29, 1.82) is 0 Å². The van der Waals surface area contributed by atoms with Gasteiger partial charge in [0.05, 0.1) is 0 Å². The van der Waals surface area contributed by atoms with E-state index in [2.05, 4.69) is 5.32 Å². The maximum absolute atomic E-state index is 5.93. The lowest BCUT2D eigenvalue weighted by Crippen LogP contribution is -2.11. The maximum atomic E-state index is 5.93. The zero-order valence-corrected chi connectivity index (χ0v) is 11.5. The summed E-state index contributed by atoms with van der Waals surface area (Å²) < 4.78 is 0. The second kappa shape index (κ2) is 5.38. The first-order valence-corrected chi connectivity index (χ1v) is 6.28. The third-order valence-electron chi connectivity index (χ3n) is 2.65. The molecule has 0 atom stereocenters. The predicted octanol–water partition coefficient (Wildman–Crippen LogP) is 4.03. The zero-order valence-electron chi connectivity index (χ0n) is 9.91. The van der Waals surface area contributed by atoms with Gasteiger partial charge in [-0.25, -0.2) is 0 Å². The first-order chi connectivity index (χ1) is 8.58. The molecule has 4 heteroatoms. The second-order valence-corrected chi connectivity index (χ2v) is 4.87. The smallest absolute Gasteiger partial charge is 0.106 e. The molecule has 0 aromatic heterocycles. The van der Waals surface area contributed by atoms with Crippen LogP contribution in [0.2, 0.25) is 5.02 Å². The molecule has 0 spiro atoms. The van der Waals surface area contributed by atoms with E-state index in [1.54, 1.807) is 0 Å². The summed E-state index contributed by atoms with van der Waals surface area (Å²) in [5, 5.41) is 4.05. The molecular formula is C14H13ClN2S. The Morgan fingerprint density at radius 1 is 1.17 bits per heavy atom. The van der Waals surface area contributed by atoms with Crippen LogP contribution in [0.1, 0.15) is 11.1 Å². The van der Waals surface area contributed by atoms with Crippen LogP contribution >= 0.6 is 23.8 Å². The fraction of sp³-hybridized carbons (Fsp3) is 0.0714. The van der Waals surface area contributed by atoms with E-state index in [0.29, 0.717) is 4.99 Å². The van der Waals surface area contributed by atoms with E-state index in [1.807, 2.05) is 49.4 Å². The van der Waals surface area contributed by atoms with Crippen molar-refractivity contribution < 1.29 is 0 Å². The molecule has 0 aliphatic rings. The van der Waals surface area contributed by atoms with Gasteiger partial charge in [-0.1, -0.05) is 36.0 Å². The Bertz CT molecular complexity index is 596. The van der Waals surface area contributed by atoms with E-state index in [4.69, 9.17) is 29.6 Å². The molecule has 0 saturated carbocycles. The van der Waals surface area contributed by atoms with Gasteiger partial charge in [-0.15, -0.1) is 0 Å². The molecule has 0 amide bonds. The minimum absolute atomic E-state index is 0.379. The summed E-state index contributed by atoms with van der Waals surface area (Å²) in [6, 6.07) is 13.4. The molecule has 2 rings (SSSR count). The molecule has 92 valence electrons. The third kappa shape index (κ3) is 2.81. The largest absolute Gasteiger partial charge is 0.389 e.